The van der Waals surface area contributed by atoms with Gasteiger partial charge in [0, 0.05) is 18.2 Å². The van der Waals surface area contributed by atoms with E-state index in [4.69, 9.17) is 9.26 Å². The number of aromatic nitrogens is 2. The minimum Gasteiger partial charge on any atom is -0.381 e. The highest BCUT2D eigenvalue weighted by Crippen LogP contribution is 2.26. The van der Waals surface area contributed by atoms with E-state index >= 15 is 0 Å². The highest BCUT2D eigenvalue weighted by atomic mass is 16.5. The maximum absolute atomic E-state index is 5.52. The predicted molar refractivity (Wildman–Crippen MR) is 70.8 cm³/mol. The molecule has 0 aliphatic carbocycles. The van der Waals surface area contributed by atoms with Crippen molar-refractivity contribution in [2.45, 2.75) is 18.4 Å². The fourth-order valence-corrected chi connectivity index (χ4v) is 2.42. The first kappa shape index (κ1) is 12.3. The normalized spacial score (nSPS) is 23.4. The second kappa shape index (κ2) is 5.50. The molecule has 2 atom stereocenters. The molecule has 1 saturated heterocycles. The smallest absolute Gasteiger partial charge is 0.233 e. The van der Waals surface area contributed by atoms with Crippen molar-refractivity contribution in [1.29, 1.82) is 0 Å². The maximum Gasteiger partial charge on any atom is 0.233 e. The number of benzene rings is 1. The molecule has 1 aromatic carbocycles. The van der Waals surface area contributed by atoms with Gasteiger partial charge in [0.2, 0.25) is 11.7 Å². The van der Waals surface area contributed by atoms with E-state index in [-0.39, 0.29) is 5.92 Å². The number of ether oxygens (including phenoxy) is 1. The lowest BCUT2D eigenvalue weighted by molar-refractivity contribution is 0.0516. The molecule has 5 nitrogen and oxygen atoms in total. The van der Waals surface area contributed by atoms with E-state index in [1.54, 1.807) is 0 Å². The highest BCUT2D eigenvalue weighted by molar-refractivity contribution is 5.53. The lowest BCUT2D eigenvalue weighted by Gasteiger charge is -2.28. The van der Waals surface area contributed by atoms with Gasteiger partial charge in [-0.15, -0.1) is 0 Å². The highest BCUT2D eigenvalue weighted by Gasteiger charge is 2.30. The van der Waals surface area contributed by atoms with E-state index in [0.29, 0.717) is 24.4 Å². The Morgan fingerprint density at radius 3 is 2.89 bits per heavy atom. The van der Waals surface area contributed by atoms with E-state index < -0.39 is 0 Å². The Morgan fingerprint density at radius 2 is 2.11 bits per heavy atom. The number of nitrogens with one attached hydrogen (secondary N) is 1. The zero-order chi connectivity index (χ0) is 13.1. The van der Waals surface area contributed by atoms with Crippen molar-refractivity contribution in [3.63, 3.8) is 0 Å². The van der Waals surface area contributed by atoms with Gasteiger partial charge >= 0.3 is 0 Å². The van der Waals surface area contributed by atoms with Crippen LogP contribution in [0.1, 0.15) is 18.2 Å². The Morgan fingerprint density at radius 1 is 1.26 bits per heavy atom. The second-order valence-electron chi connectivity index (χ2n) is 4.69. The van der Waals surface area contributed by atoms with Crippen molar-refractivity contribution in [3.8, 4) is 11.4 Å². The fourth-order valence-electron chi connectivity index (χ4n) is 2.42. The van der Waals surface area contributed by atoms with Gasteiger partial charge in [-0.2, -0.15) is 4.98 Å². The molecule has 0 amide bonds. The first-order chi connectivity index (χ1) is 9.38. The average molecular weight is 259 g/mol. The molecule has 1 N–H and O–H groups in total. The Labute approximate surface area is 112 Å². The van der Waals surface area contributed by atoms with Crippen LogP contribution in [0.4, 0.5) is 0 Å². The SMILES string of the molecule is CNC1CCOCC1c1nc(-c2ccccc2)no1. The zero-order valence-electron chi connectivity index (χ0n) is 10.9. The standard InChI is InChI=1S/C14H17N3O2/c1-15-12-7-8-18-9-11(12)14-16-13(17-19-14)10-5-3-2-4-6-10/h2-6,11-12,15H,7-9H2,1H3. The van der Waals surface area contributed by atoms with Crippen molar-refractivity contribution in [3.05, 3.63) is 36.2 Å². The van der Waals surface area contributed by atoms with E-state index in [0.717, 1.165) is 18.6 Å². The van der Waals surface area contributed by atoms with Gasteiger partial charge in [-0.05, 0) is 13.5 Å². The molecule has 100 valence electrons. The summed E-state index contributed by atoms with van der Waals surface area (Å²) in [5, 5.41) is 7.35. The van der Waals surface area contributed by atoms with Crippen LogP contribution in [0, 0.1) is 0 Å². The summed E-state index contributed by atoms with van der Waals surface area (Å²) in [4.78, 5) is 4.50. The largest absolute Gasteiger partial charge is 0.381 e. The number of hydrogen-bond acceptors (Lipinski definition) is 5. The molecule has 1 aromatic heterocycles. The van der Waals surface area contributed by atoms with Gasteiger partial charge in [0.1, 0.15) is 0 Å². The van der Waals surface area contributed by atoms with Gasteiger partial charge in [0.25, 0.3) is 0 Å². The number of likely N-dealkylation sites (N-methyl/N-ethyl adjacent to an activating group) is 1. The van der Waals surface area contributed by atoms with Crippen molar-refractivity contribution < 1.29 is 9.26 Å². The van der Waals surface area contributed by atoms with Crippen molar-refractivity contribution in [1.82, 2.24) is 15.5 Å². The Kier molecular flexibility index (Phi) is 3.57. The maximum atomic E-state index is 5.52. The molecule has 1 aliphatic heterocycles. The molecule has 0 spiro atoms. The van der Waals surface area contributed by atoms with Gasteiger partial charge in [0.15, 0.2) is 0 Å². The molecule has 5 heteroatoms. The number of nitrogens with zero attached hydrogens (tertiary/aromatic N) is 2. The predicted octanol–water partition coefficient (Wildman–Crippen LogP) is 1.83. The Balaban J connectivity index is 1.84. The molecule has 1 aliphatic rings. The number of rotatable bonds is 3. The van der Waals surface area contributed by atoms with Crippen LogP contribution >= 0.6 is 0 Å². The lowest BCUT2D eigenvalue weighted by Crippen LogP contribution is -2.39. The average Bonchev–Trinajstić information content (AvgIpc) is 2.98. The number of hydrogen-bond donors (Lipinski definition) is 1. The minimum absolute atomic E-state index is 0.128. The molecule has 19 heavy (non-hydrogen) atoms. The summed E-state index contributed by atoms with van der Waals surface area (Å²) in [6.07, 6.45) is 0.963. The molecule has 2 unspecified atom stereocenters. The summed E-state index contributed by atoms with van der Waals surface area (Å²) in [6.45, 7) is 1.41. The van der Waals surface area contributed by atoms with Crippen LogP contribution in [0.15, 0.2) is 34.9 Å². The van der Waals surface area contributed by atoms with Crippen LogP contribution in [0.3, 0.4) is 0 Å². The summed E-state index contributed by atoms with van der Waals surface area (Å²) in [5.41, 5.74) is 0.968. The molecule has 3 rings (SSSR count). The molecular weight excluding hydrogens is 242 g/mol. The van der Waals surface area contributed by atoms with Crippen LogP contribution in [0.2, 0.25) is 0 Å². The van der Waals surface area contributed by atoms with Crippen LogP contribution in [0.5, 0.6) is 0 Å². The topological polar surface area (TPSA) is 60.2 Å². The van der Waals surface area contributed by atoms with Crippen molar-refractivity contribution >= 4 is 0 Å². The molecule has 0 radical (unpaired) electrons. The summed E-state index contributed by atoms with van der Waals surface area (Å²) in [5.74, 6) is 1.41. The quantitative estimate of drug-likeness (QED) is 0.911. The summed E-state index contributed by atoms with van der Waals surface area (Å²) in [7, 11) is 1.96. The second-order valence-corrected chi connectivity index (χ2v) is 4.69. The summed E-state index contributed by atoms with van der Waals surface area (Å²) >= 11 is 0. The fraction of sp³-hybridized carbons (Fsp3) is 0.429. The lowest BCUT2D eigenvalue weighted by atomic mass is 9.96. The zero-order valence-corrected chi connectivity index (χ0v) is 10.9. The van der Waals surface area contributed by atoms with Gasteiger partial charge < -0.3 is 14.6 Å². The Hall–Kier alpha value is -1.72. The molecule has 2 heterocycles. The van der Waals surface area contributed by atoms with Gasteiger partial charge in [-0.1, -0.05) is 35.5 Å². The summed E-state index contributed by atoms with van der Waals surface area (Å²) < 4.78 is 10.9. The molecule has 0 bridgehead atoms. The van der Waals surface area contributed by atoms with E-state index in [1.807, 2.05) is 37.4 Å². The van der Waals surface area contributed by atoms with Crippen molar-refractivity contribution in [2.24, 2.45) is 0 Å². The van der Waals surface area contributed by atoms with Crippen LogP contribution < -0.4 is 5.32 Å². The van der Waals surface area contributed by atoms with Gasteiger partial charge in [0.05, 0.1) is 12.5 Å². The van der Waals surface area contributed by atoms with Crippen LogP contribution in [-0.4, -0.2) is 36.4 Å². The molecule has 2 aromatic rings. The van der Waals surface area contributed by atoms with E-state index in [9.17, 15) is 0 Å². The monoisotopic (exact) mass is 259 g/mol. The third kappa shape index (κ3) is 2.52. The third-order valence-corrected chi connectivity index (χ3v) is 3.52. The van der Waals surface area contributed by atoms with Crippen LogP contribution in [-0.2, 0) is 4.74 Å². The molecule has 0 saturated carbocycles. The Bertz CT molecular complexity index is 526. The van der Waals surface area contributed by atoms with Gasteiger partial charge in [-0.3, -0.25) is 0 Å². The summed E-state index contributed by atoms with van der Waals surface area (Å²) in [6, 6.07) is 10.2. The first-order valence-corrected chi connectivity index (χ1v) is 6.52. The van der Waals surface area contributed by atoms with Gasteiger partial charge in [-0.25, -0.2) is 0 Å². The van der Waals surface area contributed by atoms with Crippen LogP contribution in [0.25, 0.3) is 11.4 Å². The minimum atomic E-state index is 0.128. The van der Waals surface area contributed by atoms with E-state index in [1.165, 1.54) is 0 Å². The molecule has 1 fully saturated rings. The van der Waals surface area contributed by atoms with E-state index in [2.05, 4.69) is 15.5 Å². The van der Waals surface area contributed by atoms with Crippen molar-refractivity contribution in [2.75, 3.05) is 20.3 Å². The molecular formula is C14H17N3O2. The third-order valence-electron chi connectivity index (χ3n) is 3.52. The first-order valence-electron chi connectivity index (χ1n) is 6.52.